The zero-order valence-corrected chi connectivity index (χ0v) is 12.1. The van der Waals surface area contributed by atoms with Crippen molar-refractivity contribution in [3.63, 3.8) is 0 Å². The third-order valence-electron chi connectivity index (χ3n) is 2.99. The number of thiol groups is 1. The van der Waals surface area contributed by atoms with E-state index >= 15 is 0 Å². The average Bonchev–Trinajstić information content (AvgIpc) is 2.71. The smallest absolute Gasteiger partial charge is 0.0727 e. The minimum Gasteiger partial charge on any atom is -0.268 e. The van der Waals surface area contributed by atoms with Crippen LogP contribution in [0.25, 0.3) is 11.3 Å². The predicted octanol–water partition coefficient (Wildman–Crippen LogP) is 3.72. The summed E-state index contributed by atoms with van der Waals surface area (Å²) in [4.78, 5) is 0. The van der Waals surface area contributed by atoms with Crippen LogP contribution in [0.4, 0.5) is 0 Å². The van der Waals surface area contributed by atoms with Gasteiger partial charge in [-0.15, -0.1) is 0 Å². The Hall–Kier alpha value is -1.22. The van der Waals surface area contributed by atoms with E-state index in [4.69, 9.17) is 0 Å². The Kier molecular flexibility index (Phi) is 4.12. The molecule has 1 aromatic carbocycles. The van der Waals surface area contributed by atoms with Crippen LogP contribution in [0.3, 0.4) is 0 Å². The summed E-state index contributed by atoms with van der Waals surface area (Å²) in [6.45, 7) is 4.49. The molecule has 0 aliphatic carbocycles. The van der Waals surface area contributed by atoms with Gasteiger partial charge in [0.15, 0.2) is 0 Å². The van der Waals surface area contributed by atoms with E-state index in [9.17, 15) is 0 Å². The molecule has 0 saturated carbocycles. The number of benzene rings is 1. The summed E-state index contributed by atoms with van der Waals surface area (Å²) in [5, 5.41) is 4.42. The lowest BCUT2D eigenvalue weighted by atomic mass is 10.0. The van der Waals surface area contributed by atoms with E-state index in [1.807, 2.05) is 11.7 Å². The van der Waals surface area contributed by atoms with Crippen molar-refractivity contribution in [3.8, 4) is 11.3 Å². The van der Waals surface area contributed by atoms with Crippen LogP contribution >= 0.6 is 12.6 Å². The third-order valence-corrected chi connectivity index (χ3v) is 3.31. The minimum atomic E-state index is 0.680. The number of hydrogen-bond acceptors (Lipinski definition) is 2. The van der Waals surface area contributed by atoms with Gasteiger partial charge in [0, 0.05) is 12.8 Å². The van der Waals surface area contributed by atoms with E-state index in [1.54, 1.807) is 0 Å². The number of nitrogens with zero attached hydrogens (tertiary/aromatic N) is 2. The molecule has 0 amide bonds. The molecule has 0 atom stereocenters. The van der Waals surface area contributed by atoms with Gasteiger partial charge in [-0.25, -0.2) is 0 Å². The number of rotatable bonds is 4. The fraction of sp³-hybridized carbons (Fsp3) is 0.400. The number of aryl methyl sites for hydroxylation is 1. The monoisotopic (exact) mass is 260 g/mol. The molecule has 2 nitrogen and oxygen atoms in total. The molecule has 0 fully saturated rings. The Bertz CT molecular complexity index is 512. The molecule has 3 heteroatoms. The molecule has 2 rings (SSSR count). The van der Waals surface area contributed by atoms with Crippen LogP contribution in [-0.2, 0) is 19.2 Å². The maximum Gasteiger partial charge on any atom is 0.0727 e. The summed E-state index contributed by atoms with van der Waals surface area (Å²) < 4.78 is 1.92. The second-order valence-electron chi connectivity index (χ2n) is 5.10. The van der Waals surface area contributed by atoms with Crippen molar-refractivity contribution in [2.75, 3.05) is 0 Å². The molecule has 0 unspecified atom stereocenters. The molecule has 2 aromatic rings. The van der Waals surface area contributed by atoms with E-state index in [-0.39, 0.29) is 0 Å². The van der Waals surface area contributed by atoms with E-state index in [2.05, 4.69) is 61.9 Å². The van der Waals surface area contributed by atoms with Gasteiger partial charge in [-0.3, -0.25) is 4.68 Å². The van der Waals surface area contributed by atoms with Crippen molar-refractivity contribution in [2.45, 2.75) is 26.0 Å². The Morgan fingerprint density at radius 2 is 1.89 bits per heavy atom. The largest absolute Gasteiger partial charge is 0.268 e. The first kappa shape index (κ1) is 13.2. The van der Waals surface area contributed by atoms with E-state index < -0.39 is 0 Å². The molecule has 0 saturated heterocycles. The maximum absolute atomic E-state index is 4.42. The van der Waals surface area contributed by atoms with Crippen LogP contribution in [0.2, 0.25) is 0 Å². The van der Waals surface area contributed by atoms with Crippen LogP contribution < -0.4 is 0 Å². The first-order valence-corrected chi connectivity index (χ1v) is 6.96. The SMILES string of the molecule is CC(C)Cc1ccc(-c2cc(CS)nn2C)cc1. The summed E-state index contributed by atoms with van der Waals surface area (Å²) in [5.41, 5.74) is 4.77. The first-order valence-electron chi connectivity index (χ1n) is 6.33. The second-order valence-corrected chi connectivity index (χ2v) is 5.41. The standard InChI is InChI=1S/C15H20N2S/c1-11(2)8-12-4-6-13(7-5-12)15-9-14(10-18)16-17(15)3/h4-7,9,11,18H,8,10H2,1-3H3. The van der Waals surface area contributed by atoms with Gasteiger partial charge in [0.2, 0.25) is 0 Å². The third kappa shape index (κ3) is 2.96. The molecule has 0 spiro atoms. The van der Waals surface area contributed by atoms with Crippen LogP contribution in [0, 0.1) is 5.92 Å². The van der Waals surface area contributed by atoms with Gasteiger partial charge in [-0.2, -0.15) is 17.7 Å². The Morgan fingerprint density at radius 3 is 2.39 bits per heavy atom. The molecule has 1 aromatic heterocycles. The quantitative estimate of drug-likeness (QED) is 0.830. The van der Waals surface area contributed by atoms with Crippen molar-refractivity contribution < 1.29 is 0 Å². The van der Waals surface area contributed by atoms with Crippen LogP contribution in [0.5, 0.6) is 0 Å². The molecule has 18 heavy (non-hydrogen) atoms. The van der Waals surface area contributed by atoms with Gasteiger partial charge in [0.1, 0.15) is 0 Å². The topological polar surface area (TPSA) is 17.8 Å². The summed E-state index contributed by atoms with van der Waals surface area (Å²) in [6.07, 6.45) is 1.13. The van der Waals surface area contributed by atoms with Crippen molar-refractivity contribution in [1.82, 2.24) is 9.78 Å². The molecule has 0 bridgehead atoms. The maximum atomic E-state index is 4.42. The van der Waals surface area contributed by atoms with Crippen molar-refractivity contribution in [3.05, 3.63) is 41.6 Å². The summed E-state index contributed by atoms with van der Waals surface area (Å²) in [7, 11) is 1.98. The van der Waals surface area contributed by atoms with Gasteiger partial charge in [0.05, 0.1) is 11.4 Å². The molecule has 0 N–H and O–H groups in total. The summed E-state index contributed by atoms with van der Waals surface area (Å²) in [6, 6.07) is 10.9. The van der Waals surface area contributed by atoms with Crippen LogP contribution in [0.15, 0.2) is 30.3 Å². The lowest BCUT2D eigenvalue weighted by Gasteiger charge is -2.06. The molecule has 1 heterocycles. The van der Waals surface area contributed by atoms with Crippen LogP contribution in [0.1, 0.15) is 25.1 Å². The van der Waals surface area contributed by atoms with E-state index in [0.29, 0.717) is 11.7 Å². The molecular weight excluding hydrogens is 240 g/mol. The fourth-order valence-electron chi connectivity index (χ4n) is 2.16. The summed E-state index contributed by atoms with van der Waals surface area (Å²) in [5.74, 6) is 1.38. The number of aromatic nitrogens is 2. The lowest BCUT2D eigenvalue weighted by Crippen LogP contribution is -1.96. The van der Waals surface area contributed by atoms with Gasteiger partial charge in [-0.05, 0) is 29.5 Å². The van der Waals surface area contributed by atoms with Crippen molar-refractivity contribution in [1.29, 1.82) is 0 Å². The Labute approximate surface area is 114 Å². The molecular formula is C15H20N2S. The highest BCUT2D eigenvalue weighted by Crippen LogP contribution is 2.21. The highest BCUT2D eigenvalue weighted by Gasteiger charge is 2.06. The Morgan fingerprint density at radius 1 is 1.22 bits per heavy atom. The first-order chi connectivity index (χ1) is 8.60. The normalized spacial score (nSPS) is 11.2. The predicted molar refractivity (Wildman–Crippen MR) is 79.9 cm³/mol. The molecule has 0 aliphatic rings. The van der Waals surface area contributed by atoms with Gasteiger partial charge in [-0.1, -0.05) is 38.1 Å². The highest BCUT2D eigenvalue weighted by atomic mass is 32.1. The van der Waals surface area contributed by atoms with E-state index in [1.165, 1.54) is 11.1 Å². The van der Waals surface area contributed by atoms with Crippen molar-refractivity contribution in [2.24, 2.45) is 13.0 Å². The van der Waals surface area contributed by atoms with Crippen molar-refractivity contribution >= 4 is 12.6 Å². The van der Waals surface area contributed by atoms with Gasteiger partial charge in [0.25, 0.3) is 0 Å². The molecule has 96 valence electrons. The van der Waals surface area contributed by atoms with Gasteiger partial charge >= 0.3 is 0 Å². The van der Waals surface area contributed by atoms with E-state index in [0.717, 1.165) is 17.8 Å². The zero-order valence-electron chi connectivity index (χ0n) is 11.2. The fourth-order valence-corrected chi connectivity index (χ4v) is 2.31. The minimum absolute atomic E-state index is 0.680. The second kappa shape index (κ2) is 5.61. The lowest BCUT2D eigenvalue weighted by molar-refractivity contribution is 0.647. The van der Waals surface area contributed by atoms with Crippen LogP contribution in [-0.4, -0.2) is 9.78 Å². The Balaban J connectivity index is 2.25. The zero-order chi connectivity index (χ0) is 13.1. The average molecular weight is 260 g/mol. The molecule has 0 aliphatic heterocycles. The van der Waals surface area contributed by atoms with Gasteiger partial charge < -0.3 is 0 Å². The highest BCUT2D eigenvalue weighted by molar-refractivity contribution is 7.79. The number of hydrogen-bond donors (Lipinski definition) is 1. The summed E-state index contributed by atoms with van der Waals surface area (Å²) >= 11 is 4.26. The molecule has 0 radical (unpaired) electrons.